The van der Waals surface area contributed by atoms with Crippen LogP contribution in [0.5, 0.6) is 0 Å². The zero-order chi connectivity index (χ0) is 12.3. The zero-order valence-electron chi connectivity index (χ0n) is 11.4. The highest BCUT2D eigenvalue weighted by atomic mass is 35.5. The topological polar surface area (TPSA) is 9.23 Å². The molecule has 0 spiro atoms. The van der Waals surface area contributed by atoms with Crippen LogP contribution < -0.4 is 0 Å². The smallest absolute Gasteiger partial charge is 0.139 e. The largest absolute Gasteiger partial charge is 0.360 e. The lowest BCUT2D eigenvalue weighted by molar-refractivity contribution is 0.0337. The SMILES string of the molecule is CCCCCCCCCCC(C)(Cl)OCC. The van der Waals surface area contributed by atoms with Gasteiger partial charge in [-0.15, -0.1) is 0 Å². The van der Waals surface area contributed by atoms with E-state index in [0.29, 0.717) is 6.61 Å². The van der Waals surface area contributed by atoms with Crippen LogP contribution in [0, 0.1) is 0 Å². The van der Waals surface area contributed by atoms with Crippen LogP contribution in [-0.2, 0) is 4.74 Å². The molecule has 0 saturated heterocycles. The summed E-state index contributed by atoms with van der Waals surface area (Å²) in [6, 6.07) is 0. The van der Waals surface area contributed by atoms with Gasteiger partial charge in [0.15, 0.2) is 0 Å². The molecule has 0 heterocycles. The van der Waals surface area contributed by atoms with E-state index in [4.69, 9.17) is 16.3 Å². The Kier molecular flexibility index (Phi) is 10.6. The van der Waals surface area contributed by atoms with Crippen LogP contribution in [0.15, 0.2) is 0 Å². The summed E-state index contributed by atoms with van der Waals surface area (Å²) in [6.07, 6.45) is 11.7. The van der Waals surface area contributed by atoms with E-state index in [1.54, 1.807) is 0 Å². The first-order chi connectivity index (χ1) is 7.62. The van der Waals surface area contributed by atoms with Gasteiger partial charge in [-0.25, -0.2) is 0 Å². The normalized spacial score (nSPS) is 15.0. The van der Waals surface area contributed by atoms with Gasteiger partial charge in [0.1, 0.15) is 5.06 Å². The van der Waals surface area contributed by atoms with Gasteiger partial charge in [0.25, 0.3) is 0 Å². The molecule has 0 radical (unpaired) electrons. The molecule has 0 aromatic heterocycles. The molecule has 0 aliphatic carbocycles. The second-order valence-electron chi connectivity index (χ2n) is 4.76. The number of hydrogen-bond donors (Lipinski definition) is 0. The highest BCUT2D eigenvalue weighted by Gasteiger charge is 2.19. The van der Waals surface area contributed by atoms with Crippen LogP contribution in [0.3, 0.4) is 0 Å². The minimum absolute atomic E-state index is 0.434. The maximum absolute atomic E-state index is 6.20. The van der Waals surface area contributed by atoms with Gasteiger partial charge in [-0.05, 0) is 26.7 Å². The van der Waals surface area contributed by atoms with Crippen LogP contribution in [0.2, 0.25) is 0 Å². The fourth-order valence-corrected chi connectivity index (χ4v) is 2.19. The van der Waals surface area contributed by atoms with Crippen molar-refractivity contribution in [3.05, 3.63) is 0 Å². The van der Waals surface area contributed by atoms with Gasteiger partial charge in [-0.2, -0.15) is 0 Å². The van der Waals surface area contributed by atoms with Gasteiger partial charge in [-0.3, -0.25) is 0 Å². The minimum atomic E-state index is -0.434. The Balaban J connectivity index is 3.20. The van der Waals surface area contributed by atoms with Crippen molar-refractivity contribution in [1.82, 2.24) is 0 Å². The van der Waals surface area contributed by atoms with Gasteiger partial charge in [0, 0.05) is 6.61 Å². The molecule has 2 heteroatoms. The minimum Gasteiger partial charge on any atom is -0.360 e. The lowest BCUT2D eigenvalue weighted by Gasteiger charge is -2.21. The molecule has 0 aliphatic heterocycles. The maximum Gasteiger partial charge on any atom is 0.139 e. The Labute approximate surface area is 107 Å². The van der Waals surface area contributed by atoms with Crippen LogP contribution in [0.4, 0.5) is 0 Å². The van der Waals surface area contributed by atoms with Gasteiger partial charge in [0.05, 0.1) is 0 Å². The Bertz CT molecular complexity index is 146. The molecule has 0 aromatic carbocycles. The molecule has 0 rings (SSSR count). The molecule has 0 fully saturated rings. The predicted molar refractivity (Wildman–Crippen MR) is 73.1 cm³/mol. The molecule has 1 nitrogen and oxygen atoms in total. The molecule has 98 valence electrons. The van der Waals surface area contributed by atoms with Gasteiger partial charge in [-0.1, -0.05) is 63.5 Å². The van der Waals surface area contributed by atoms with Crippen molar-refractivity contribution in [3.8, 4) is 0 Å². The second-order valence-corrected chi connectivity index (χ2v) is 5.56. The average Bonchev–Trinajstić information content (AvgIpc) is 2.22. The van der Waals surface area contributed by atoms with E-state index >= 15 is 0 Å². The summed E-state index contributed by atoms with van der Waals surface area (Å²) in [6.45, 7) is 6.93. The number of rotatable bonds is 11. The fraction of sp³-hybridized carbons (Fsp3) is 1.00. The lowest BCUT2D eigenvalue weighted by atomic mass is 10.1. The van der Waals surface area contributed by atoms with Gasteiger partial charge in [0.2, 0.25) is 0 Å². The molecule has 0 aromatic rings. The van der Waals surface area contributed by atoms with Crippen LogP contribution in [0.1, 0.15) is 78.6 Å². The summed E-state index contributed by atoms with van der Waals surface area (Å²) in [5, 5.41) is -0.434. The Morgan fingerprint density at radius 2 is 1.38 bits per heavy atom. The van der Waals surface area contributed by atoms with E-state index in [1.807, 2.05) is 13.8 Å². The van der Waals surface area contributed by atoms with Crippen molar-refractivity contribution in [2.75, 3.05) is 6.61 Å². The number of alkyl halides is 1. The number of halogens is 1. The third kappa shape index (κ3) is 10.8. The van der Waals surface area contributed by atoms with Gasteiger partial charge >= 0.3 is 0 Å². The van der Waals surface area contributed by atoms with Crippen molar-refractivity contribution in [2.45, 2.75) is 83.6 Å². The molecular formula is C14H29ClO. The van der Waals surface area contributed by atoms with E-state index in [-0.39, 0.29) is 0 Å². The van der Waals surface area contributed by atoms with E-state index < -0.39 is 5.06 Å². The first-order valence-electron chi connectivity index (χ1n) is 6.95. The lowest BCUT2D eigenvalue weighted by Crippen LogP contribution is -2.20. The Morgan fingerprint density at radius 1 is 0.875 bits per heavy atom. The molecule has 0 amide bonds. The molecular weight excluding hydrogens is 220 g/mol. The standard InChI is InChI=1S/C14H29ClO/c1-4-6-7-8-9-10-11-12-13-14(3,15)16-5-2/h4-13H2,1-3H3. The number of hydrogen-bond acceptors (Lipinski definition) is 1. The fourth-order valence-electron chi connectivity index (χ4n) is 1.95. The van der Waals surface area contributed by atoms with E-state index in [2.05, 4.69) is 6.92 Å². The number of unbranched alkanes of at least 4 members (excludes halogenated alkanes) is 7. The summed E-state index contributed by atoms with van der Waals surface area (Å²) in [4.78, 5) is 0. The molecule has 0 N–H and O–H groups in total. The average molecular weight is 249 g/mol. The second kappa shape index (κ2) is 10.4. The molecule has 1 unspecified atom stereocenters. The molecule has 16 heavy (non-hydrogen) atoms. The Hall–Kier alpha value is 0.250. The van der Waals surface area contributed by atoms with Crippen LogP contribution >= 0.6 is 11.6 Å². The zero-order valence-corrected chi connectivity index (χ0v) is 12.1. The van der Waals surface area contributed by atoms with Crippen LogP contribution in [0.25, 0.3) is 0 Å². The van der Waals surface area contributed by atoms with E-state index in [1.165, 1.54) is 51.4 Å². The number of ether oxygens (including phenoxy) is 1. The van der Waals surface area contributed by atoms with Gasteiger partial charge < -0.3 is 4.74 Å². The predicted octanol–water partition coefficient (Wildman–Crippen LogP) is 5.51. The summed E-state index contributed by atoms with van der Waals surface area (Å²) < 4.78 is 5.45. The highest BCUT2D eigenvalue weighted by Crippen LogP contribution is 2.24. The van der Waals surface area contributed by atoms with Crippen LogP contribution in [-0.4, -0.2) is 11.7 Å². The summed E-state index contributed by atoms with van der Waals surface area (Å²) >= 11 is 6.20. The Morgan fingerprint density at radius 3 is 1.88 bits per heavy atom. The third-order valence-corrected chi connectivity index (χ3v) is 3.22. The van der Waals surface area contributed by atoms with Crippen molar-refractivity contribution in [3.63, 3.8) is 0 Å². The molecule has 0 saturated carbocycles. The third-order valence-electron chi connectivity index (χ3n) is 2.92. The van der Waals surface area contributed by atoms with Crippen molar-refractivity contribution >= 4 is 11.6 Å². The van der Waals surface area contributed by atoms with Crippen molar-refractivity contribution in [2.24, 2.45) is 0 Å². The quantitative estimate of drug-likeness (QED) is 0.346. The summed E-state index contributed by atoms with van der Waals surface area (Å²) in [5.41, 5.74) is 0. The monoisotopic (exact) mass is 248 g/mol. The highest BCUT2D eigenvalue weighted by molar-refractivity contribution is 6.22. The maximum atomic E-state index is 6.20. The summed E-state index contributed by atoms with van der Waals surface area (Å²) in [7, 11) is 0. The molecule has 0 bridgehead atoms. The first kappa shape index (κ1) is 16.2. The molecule has 0 aliphatic rings. The van der Waals surface area contributed by atoms with Crippen molar-refractivity contribution < 1.29 is 4.74 Å². The van der Waals surface area contributed by atoms with Crippen molar-refractivity contribution in [1.29, 1.82) is 0 Å². The summed E-state index contributed by atoms with van der Waals surface area (Å²) in [5.74, 6) is 0. The molecule has 1 atom stereocenters. The van der Waals surface area contributed by atoms with E-state index in [9.17, 15) is 0 Å². The van der Waals surface area contributed by atoms with E-state index in [0.717, 1.165) is 6.42 Å². The first-order valence-corrected chi connectivity index (χ1v) is 7.33.